The van der Waals surface area contributed by atoms with Gasteiger partial charge in [-0.05, 0) is 42.8 Å². The number of pyridine rings is 1. The zero-order valence-electron chi connectivity index (χ0n) is 11.8. The lowest BCUT2D eigenvalue weighted by molar-refractivity contribution is -0.118. The summed E-state index contributed by atoms with van der Waals surface area (Å²) in [5, 5.41) is 0. The molecule has 0 bridgehead atoms. The summed E-state index contributed by atoms with van der Waals surface area (Å²) in [6.45, 7) is 7.00. The van der Waals surface area contributed by atoms with E-state index in [0.717, 1.165) is 4.47 Å². The molecule has 3 N–H and O–H groups in total. The van der Waals surface area contributed by atoms with Crippen molar-refractivity contribution in [3.8, 4) is 0 Å². The van der Waals surface area contributed by atoms with Gasteiger partial charge in [-0.15, -0.1) is 0 Å². The van der Waals surface area contributed by atoms with Gasteiger partial charge in [0.2, 0.25) is 0 Å². The number of anilines is 1. The van der Waals surface area contributed by atoms with Gasteiger partial charge in [-0.3, -0.25) is 4.79 Å². The molecule has 1 saturated heterocycles. The van der Waals surface area contributed by atoms with Gasteiger partial charge in [0, 0.05) is 23.8 Å². The number of nitrogens with zero attached hydrogens (tertiary/aromatic N) is 2. The first-order valence-electron chi connectivity index (χ1n) is 6.41. The van der Waals surface area contributed by atoms with Crippen molar-refractivity contribution in [2.24, 2.45) is 5.84 Å². The molecule has 0 radical (unpaired) electrons. The number of carbonyl (C=O) groups excluding carboxylic acids is 1. The molecule has 2 heterocycles. The van der Waals surface area contributed by atoms with Crippen molar-refractivity contribution >= 4 is 27.7 Å². The van der Waals surface area contributed by atoms with E-state index in [0.29, 0.717) is 24.5 Å². The smallest absolute Gasteiger partial charge is 0.257 e. The zero-order chi connectivity index (χ0) is 14.9. The van der Waals surface area contributed by atoms with Crippen LogP contribution in [0.1, 0.15) is 31.1 Å². The molecule has 20 heavy (non-hydrogen) atoms. The highest BCUT2D eigenvalue weighted by Gasteiger charge is 2.34. The number of nitrogens with two attached hydrogens (primary N) is 1. The molecule has 1 aromatic rings. The lowest BCUT2D eigenvalue weighted by atomic mass is 10.0. The summed E-state index contributed by atoms with van der Waals surface area (Å²) >= 11 is 3.33. The van der Waals surface area contributed by atoms with Crippen LogP contribution in [0.25, 0.3) is 0 Å². The maximum Gasteiger partial charge on any atom is 0.257 e. The first-order chi connectivity index (χ1) is 9.32. The maximum atomic E-state index is 12.7. The number of halogens is 1. The molecule has 6 nitrogen and oxygen atoms in total. The summed E-state index contributed by atoms with van der Waals surface area (Å²) in [4.78, 5) is 18.6. The number of amides is 1. The summed E-state index contributed by atoms with van der Waals surface area (Å²) in [7, 11) is 0. The Labute approximate surface area is 126 Å². The number of rotatable bonds is 2. The Hall–Kier alpha value is -1.18. The second-order valence-electron chi connectivity index (χ2n) is 5.57. The molecule has 1 aromatic heterocycles. The van der Waals surface area contributed by atoms with Gasteiger partial charge in [0.25, 0.3) is 5.91 Å². The lowest BCUT2D eigenvalue weighted by Crippen LogP contribution is -2.53. The highest BCUT2D eigenvalue weighted by Crippen LogP contribution is 2.25. The van der Waals surface area contributed by atoms with Gasteiger partial charge >= 0.3 is 0 Å². The van der Waals surface area contributed by atoms with Crippen LogP contribution in [0, 0.1) is 0 Å². The fourth-order valence-electron chi connectivity index (χ4n) is 2.50. The van der Waals surface area contributed by atoms with Gasteiger partial charge in [0.15, 0.2) is 5.82 Å². The summed E-state index contributed by atoms with van der Waals surface area (Å²) < 4.78 is 6.55. The summed E-state index contributed by atoms with van der Waals surface area (Å²) in [6.07, 6.45) is 1.59. The number of aromatic nitrogens is 1. The highest BCUT2D eigenvalue weighted by atomic mass is 79.9. The zero-order valence-corrected chi connectivity index (χ0v) is 13.4. The van der Waals surface area contributed by atoms with Crippen LogP contribution >= 0.6 is 15.9 Å². The third-order valence-electron chi connectivity index (χ3n) is 3.08. The first-order valence-corrected chi connectivity index (χ1v) is 7.21. The highest BCUT2D eigenvalue weighted by molar-refractivity contribution is 9.10. The van der Waals surface area contributed by atoms with Crippen molar-refractivity contribution in [3.05, 3.63) is 22.3 Å². The predicted octanol–water partition coefficient (Wildman–Crippen LogP) is 1.77. The van der Waals surface area contributed by atoms with Crippen molar-refractivity contribution in [2.45, 2.75) is 32.5 Å². The molecule has 2 rings (SSSR count). The first kappa shape index (κ1) is 15.2. The fraction of sp³-hybridized carbons (Fsp3) is 0.538. The second kappa shape index (κ2) is 5.67. The molecule has 110 valence electrons. The van der Waals surface area contributed by atoms with E-state index in [1.807, 2.05) is 20.8 Å². The lowest BCUT2D eigenvalue weighted by Gasteiger charge is -2.41. The summed E-state index contributed by atoms with van der Waals surface area (Å²) in [6, 6.07) is 1.72. The SMILES string of the molecule is CC1CN(C(=O)c2cc(Br)cnc2NN)CC(C)(C)O1. The van der Waals surface area contributed by atoms with E-state index in [9.17, 15) is 4.79 Å². The number of carbonyl (C=O) groups is 1. The molecule has 0 saturated carbocycles. The third kappa shape index (κ3) is 3.28. The van der Waals surface area contributed by atoms with E-state index >= 15 is 0 Å². The van der Waals surface area contributed by atoms with Crippen molar-refractivity contribution in [1.82, 2.24) is 9.88 Å². The molecular weight excluding hydrogens is 324 g/mol. The van der Waals surface area contributed by atoms with Gasteiger partial charge in [-0.1, -0.05) is 0 Å². The van der Waals surface area contributed by atoms with Crippen LogP contribution in [-0.2, 0) is 4.74 Å². The van der Waals surface area contributed by atoms with Gasteiger partial charge in [-0.2, -0.15) is 0 Å². The molecule has 1 fully saturated rings. The van der Waals surface area contributed by atoms with E-state index < -0.39 is 0 Å². The van der Waals surface area contributed by atoms with Crippen molar-refractivity contribution in [2.75, 3.05) is 18.5 Å². The van der Waals surface area contributed by atoms with Crippen molar-refractivity contribution in [1.29, 1.82) is 0 Å². The van der Waals surface area contributed by atoms with E-state index in [1.165, 1.54) is 0 Å². The number of morpholine rings is 1. The van der Waals surface area contributed by atoms with Crippen LogP contribution < -0.4 is 11.3 Å². The number of hydrogen-bond donors (Lipinski definition) is 2. The van der Waals surface area contributed by atoms with E-state index in [4.69, 9.17) is 10.6 Å². The van der Waals surface area contributed by atoms with Crippen LogP contribution in [0.2, 0.25) is 0 Å². The Kier molecular flexibility index (Phi) is 4.31. The summed E-state index contributed by atoms with van der Waals surface area (Å²) in [5.41, 5.74) is 2.56. The van der Waals surface area contributed by atoms with Crippen molar-refractivity contribution < 1.29 is 9.53 Å². The molecular formula is C13H19BrN4O2. The number of ether oxygens (including phenoxy) is 1. The van der Waals surface area contributed by atoms with Crippen LogP contribution in [0.15, 0.2) is 16.7 Å². The van der Waals surface area contributed by atoms with E-state index in [2.05, 4.69) is 26.3 Å². The molecule has 0 aliphatic carbocycles. The van der Waals surface area contributed by atoms with Crippen LogP contribution in [0.4, 0.5) is 5.82 Å². The van der Waals surface area contributed by atoms with Gasteiger partial charge in [-0.25, -0.2) is 10.8 Å². The maximum absolute atomic E-state index is 12.7. The quantitative estimate of drug-likeness (QED) is 0.632. The molecule has 1 aliphatic rings. The number of hydrogen-bond acceptors (Lipinski definition) is 5. The van der Waals surface area contributed by atoms with Crippen molar-refractivity contribution in [3.63, 3.8) is 0 Å². The fourth-order valence-corrected chi connectivity index (χ4v) is 2.83. The molecule has 1 aliphatic heterocycles. The molecule has 1 unspecified atom stereocenters. The van der Waals surface area contributed by atoms with Crippen LogP contribution in [-0.4, -0.2) is 40.6 Å². The summed E-state index contributed by atoms with van der Waals surface area (Å²) in [5.74, 6) is 5.69. The minimum Gasteiger partial charge on any atom is -0.369 e. The van der Waals surface area contributed by atoms with Gasteiger partial charge < -0.3 is 15.1 Å². The average molecular weight is 343 g/mol. The molecule has 0 aromatic carbocycles. The average Bonchev–Trinajstić information content (AvgIpc) is 2.35. The Balaban J connectivity index is 2.29. The molecule has 7 heteroatoms. The second-order valence-corrected chi connectivity index (χ2v) is 6.48. The Morgan fingerprint density at radius 2 is 2.35 bits per heavy atom. The number of nitrogen functional groups attached to an aromatic ring is 1. The minimum absolute atomic E-state index is 0.00269. The van der Waals surface area contributed by atoms with Crippen LogP contribution in [0.3, 0.4) is 0 Å². The largest absolute Gasteiger partial charge is 0.369 e. The molecule has 1 amide bonds. The minimum atomic E-state index is -0.358. The number of hydrazine groups is 1. The van der Waals surface area contributed by atoms with Gasteiger partial charge in [0.1, 0.15) is 0 Å². The van der Waals surface area contributed by atoms with Gasteiger partial charge in [0.05, 0.1) is 17.3 Å². The third-order valence-corrected chi connectivity index (χ3v) is 3.51. The Bertz CT molecular complexity index is 521. The molecule has 0 spiro atoms. The van der Waals surface area contributed by atoms with Crippen LogP contribution in [0.5, 0.6) is 0 Å². The normalized spacial score (nSPS) is 21.6. The Morgan fingerprint density at radius 3 is 2.95 bits per heavy atom. The topological polar surface area (TPSA) is 80.5 Å². The monoisotopic (exact) mass is 342 g/mol. The molecule has 1 atom stereocenters. The standard InChI is InChI=1S/C13H19BrN4O2/c1-8-6-18(7-13(2,3)20-8)12(19)10-4-9(14)5-16-11(10)17-15/h4-5,8H,6-7,15H2,1-3H3,(H,16,17). The number of nitrogens with one attached hydrogen (secondary N) is 1. The Morgan fingerprint density at radius 1 is 1.65 bits per heavy atom. The predicted molar refractivity (Wildman–Crippen MR) is 80.3 cm³/mol. The van der Waals surface area contributed by atoms with E-state index in [1.54, 1.807) is 17.2 Å². The van der Waals surface area contributed by atoms with E-state index in [-0.39, 0.29) is 17.6 Å².